The normalized spacial score (nSPS) is 15.0. The van der Waals surface area contributed by atoms with E-state index in [2.05, 4.69) is 12.1 Å². The molecule has 1 aromatic carbocycles. The van der Waals surface area contributed by atoms with Crippen molar-refractivity contribution in [2.45, 2.75) is 27.7 Å². The van der Waals surface area contributed by atoms with Crippen LogP contribution in [-0.4, -0.2) is 26.2 Å². The third kappa shape index (κ3) is 4.26. The van der Waals surface area contributed by atoms with Crippen LogP contribution >= 0.6 is 0 Å². The second kappa shape index (κ2) is 7.73. The summed E-state index contributed by atoms with van der Waals surface area (Å²) in [7, 11) is 0. The average molecular weight is 292 g/mol. The monoisotopic (exact) mass is 292 g/mol. The Morgan fingerprint density at radius 3 is 2.57 bits per heavy atom. The molecule has 21 heavy (non-hydrogen) atoms. The van der Waals surface area contributed by atoms with Crippen LogP contribution in [0.1, 0.15) is 26.3 Å². The quantitative estimate of drug-likeness (QED) is 0.362. The molecule has 0 aromatic heterocycles. The highest BCUT2D eigenvalue weighted by Gasteiger charge is 2.34. The molecule has 0 unspecified atom stereocenters. The summed E-state index contributed by atoms with van der Waals surface area (Å²) in [5.41, 5.74) is 8.77. The molecule has 1 aromatic rings. The molecule has 2 rings (SSSR count). The number of ether oxygens (including phenoxy) is 2. The van der Waals surface area contributed by atoms with Gasteiger partial charge in [-0.05, 0) is 24.6 Å². The van der Waals surface area contributed by atoms with E-state index in [0.29, 0.717) is 31.3 Å². The number of aryl methyl sites for hydroxylation is 1. The van der Waals surface area contributed by atoms with Crippen molar-refractivity contribution in [1.29, 1.82) is 10.9 Å². The second-order valence-electron chi connectivity index (χ2n) is 5.14. The third-order valence-electron chi connectivity index (χ3n) is 3.07. The molecule has 2 N–H and O–H groups in total. The van der Waals surface area contributed by atoms with Crippen LogP contribution in [0.4, 0.5) is 5.69 Å². The van der Waals surface area contributed by atoms with Crippen LogP contribution in [0.3, 0.4) is 0 Å². The van der Waals surface area contributed by atoms with Gasteiger partial charge in [0.25, 0.3) is 0 Å². The summed E-state index contributed by atoms with van der Waals surface area (Å²) in [5.74, 6) is 0.623. The molecule has 1 aliphatic rings. The van der Waals surface area contributed by atoms with Gasteiger partial charge in [-0.25, -0.2) is 5.01 Å². The molecule has 1 heterocycles. The van der Waals surface area contributed by atoms with E-state index in [1.165, 1.54) is 5.01 Å². The van der Waals surface area contributed by atoms with Gasteiger partial charge in [-0.3, -0.25) is 5.41 Å². The lowest BCUT2D eigenvalue weighted by Crippen LogP contribution is -2.44. The van der Waals surface area contributed by atoms with Gasteiger partial charge in [0.05, 0.1) is 19.8 Å². The average Bonchev–Trinajstić information content (AvgIpc) is 2.48. The first-order chi connectivity index (χ1) is 10.1. The van der Waals surface area contributed by atoms with Gasteiger partial charge >= 0.3 is 0 Å². The first-order valence-electron chi connectivity index (χ1n) is 7.06. The lowest BCUT2D eigenvalue weighted by molar-refractivity contribution is -0.120. The molecule has 6 heteroatoms. The maximum absolute atomic E-state index is 7.28. The van der Waals surface area contributed by atoms with Gasteiger partial charge < -0.3 is 9.47 Å². The molecule has 0 amide bonds. The Kier molecular flexibility index (Phi) is 6.30. The van der Waals surface area contributed by atoms with Crippen molar-refractivity contribution in [2.75, 3.05) is 24.8 Å². The Balaban J connectivity index is 0.00000106. The fraction of sp³-hybridized carbons (Fsp3) is 0.533. The van der Waals surface area contributed by atoms with Crippen molar-refractivity contribution >= 4 is 12.0 Å². The van der Waals surface area contributed by atoms with E-state index in [1.54, 1.807) is 0 Å². The lowest BCUT2D eigenvalue weighted by Gasteiger charge is -2.37. The molecule has 0 aliphatic carbocycles. The van der Waals surface area contributed by atoms with E-state index < -0.39 is 0 Å². The standard InChI is InChI=1S/C13H18N4O2.C2H6/c1-10-3-4-12(11(5-10)17(9-14)16-15)19-8-13(2)6-18-7-13;1-2/h3-5,9,14-15H,6-8H2,1-2H3;1-2H3. The Hall–Kier alpha value is -1.95. The molecule has 1 fully saturated rings. The predicted octanol–water partition coefficient (Wildman–Crippen LogP) is 3.80. The topological polar surface area (TPSA) is 81.8 Å². The van der Waals surface area contributed by atoms with Crippen molar-refractivity contribution < 1.29 is 9.47 Å². The van der Waals surface area contributed by atoms with E-state index in [0.717, 1.165) is 11.9 Å². The van der Waals surface area contributed by atoms with Crippen LogP contribution in [0.15, 0.2) is 23.4 Å². The van der Waals surface area contributed by atoms with Crippen molar-refractivity contribution in [3.63, 3.8) is 0 Å². The van der Waals surface area contributed by atoms with Crippen LogP contribution in [0.5, 0.6) is 5.75 Å². The zero-order valence-electron chi connectivity index (χ0n) is 13.1. The summed E-state index contributed by atoms with van der Waals surface area (Å²) in [6.45, 7) is 10.00. The Labute approximate surface area is 126 Å². The highest BCUT2D eigenvalue weighted by molar-refractivity contribution is 5.79. The number of hydrogen-bond donors (Lipinski definition) is 2. The second-order valence-corrected chi connectivity index (χ2v) is 5.14. The van der Waals surface area contributed by atoms with E-state index in [1.807, 2.05) is 39.0 Å². The number of nitrogens with zero attached hydrogens (tertiary/aromatic N) is 2. The molecule has 0 atom stereocenters. The van der Waals surface area contributed by atoms with Crippen LogP contribution in [0, 0.1) is 23.3 Å². The van der Waals surface area contributed by atoms with Gasteiger partial charge in [-0.15, -0.1) is 0 Å². The van der Waals surface area contributed by atoms with Crippen LogP contribution in [-0.2, 0) is 4.74 Å². The summed E-state index contributed by atoms with van der Waals surface area (Å²) in [6.07, 6.45) is 0.989. The fourth-order valence-corrected chi connectivity index (χ4v) is 1.87. The molecule has 116 valence electrons. The summed E-state index contributed by atoms with van der Waals surface area (Å²) in [5, 5.41) is 11.7. The van der Waals surface area contributed by atoms with Gasteiger partial charge in [0, 0.05) is 5.41 Å². The molecule has 6 nitrogen and oxygen atoms in total. The van der Waals surface area contributed by atoms with E-state index in [-0.39, 0.29) is 5.41 Å². The summed E-state index contributed by atoms with van der Waals surface area (Å²) >= 11 is 0. The van der Waals surface area contributed by atoms with Gasteiger partial charge in [0.15, 0.2) is 0 Å². The minimum Gasteiger partial charge on any atom is -0.491 e. The van der Waals surface area contributed by atoms with Crippen LogP contribution < -0.4 is 9.75 Å². The molecular weight excluding hydrogens is 268 g/mol. The smallest absolute Gasteiger partial charge is 0.145 e. The first kappa shape index (κ1) is 17.1. The molecule has 1 aliphatic heterocycles. The van der Waals surface area contributed by atoms with Crippen molar-refractivity contribution in [3.8, 4) is 5.75 Å². The number of anilines is 1. The SMILES string of the molecule is CC.Cc1ccc(OCC2(C)COC2)c(N(C=N)N=N)c1. The lowest BCUT2D eigenvalue weighted by atomic mass is 9.90. The minimum absolute atomic E-state index is 0.0514. The Bertz CT molecular complexity index is 479. The molecule has 0 bridgehead atoms. The maximum atomic E-state index is 7.28. The number of benzene rings is 1. The summed E-state index contributed by atoms with van der Waals surface area (Å²) in [4.78, 5) is 0. The van der Waals surface area contributed by atoms with Gasteiger partial charge in [0.2, 0.25) is 0 Å². The van der Waals surface area contributed by atoms with E-state index in [9.17, 15) is 0 Å². The number of rotatable bonds is 6. The largest absolute Gasteiger partial charge is 0.491 e. The highest BCUT2D eigenvalue weighted by atomic mass is 16.5. The summed E-state index contributed by atoms with van der Waals surface area (Å²) in [6, 6.07) is 5.62. The van der Waals surface area contributed by atoms with Crippen LogP contribution in [0.2, 0.25) is 0 Å². The van der Waals surface area contributed by atoms with Gasteiger partial charge in [-0.1, -0.05) is 32.1 Å². The van der Waals surface area contributed by atoms with Crippen molar-refractivity contribution in [1.82, 2.24) is 0 Å². The molecule has 0 saturated carbocycles. The maximum Gasteiger partial charge on any atom is 0.145 e. The number of nitrogens with one attached hydrogen (secondary N) is 2. The van der Waals surface area contributed by atoms with Crippen molar-refractivity contribution in [3.05, 3.63) is 23.8 Å². The Morgan fingerprint density at radius 1 is 1.43 bits per heavy atom. The third-order valence-corrected chi connectivity index (χ3v) is 3.07. The molecule has 0 radical (unpaired) electrons. The van der Waals surface area contributed by atoms with Crippen molar-refractivity contribution in [2.24, 2.45) is 10.6 Å². The Morgan fingerprint density at radius 2 is 2.10 bits per heavy atom. The fourth-order valence-electron chi connectivity index (χ4n) is 1.87. The summed E-state index contributed by atoms with van der Waals surface area (Å²) < 4.78 is 11.0. The van der Waals surface area contributed by atoms with Gasteiger partial charge in [-0.2, -0.15) is 5.53 Å². The number of hydrogen-bond acceptors (Lipinski definition) is 5. The first-order valence-corrected chi connectivity index (χ1v) is 7.06. The predicted molar refractivity (Wildman–Crippen MR) is 83.4 cm³/mol. The van der Waals surface area contributed by atoms with E-state index in [4.69, 9.17) is 20.4 Å². The zero-order chi connectivity index (χ0) is 15.9. The molecule has 1 saturated heterocycles. The van der Waals surface area contributed by atoms with Crippen LogP contribution in [0.25, 0.3) is 0 Å². The zero-order valence-corrected chi connectivity index (χ0v) is 13.1. The molecule has 0 spiro atoms. The minimum atomic E-state index is 0.0514. The molecular formula is C15H24N4O2. The highest BCUT2D eigenvalue weighted by Crippen LogP contribution is 2.33. The van der Waals surface area contributed by atoms with E-state index >= 15 is 0 Å². The van der Waals surface area contributed by atoms with Gasteiger partial charge in [0.1, 0.15) is 17.8 Å².